The Balaban J connectivity index is 2.30. The fourth-order valence-electron chi connectivity index (χ4n) is 1.92. The molecule has 122 valence electrons. The molecule has 0 spiro atoms. The van der Waals surface area contributed by atoms with Gasteiger partial charge in [-0.1, -0.05) is 24.3 Å². The zero-order chi connectivity index (χ0) is 16.8. The van der Waals surface area contributed by atoms with Crippen LogP contribution in [0.2, 0.25) is 4.47 Å². The summed E-state index contributed by atoms with van der Waals surface area (Å²) in [5.74, 6) is 0.616. The van der Waals surface area contributed by atoms with E-state index in [0.717, 1.165) is 4.88 Å². The fourth-order valence-corrected chi connectivity index (χ4v) is 2.91. The van der Waals surface area contributed by atoms with Gasteiger partial charge in [0.05, 0.1) is 23.7 Å². The molecule has 7 nitrogen and oxygen atoms in total. The zero-order valence-electron chi connectivity index (χ0n) is 12.4. The van der Waals surface area contributed by atoms with E-state index in [1.807, 2.05) is 6.92 Å². The van der Waals surface area contributed by atoms with Crippen LogP contribution in [0.3, 0.4) is 0 Å². The number of halogens is 1. The van der Waals surface area contributed by atoms with Crippen LogP contribution in [-0.2, 0) is 6.54 Å². The average molecular weight is 355 g/mol. The molecular weight excluding hydrogens is 340 g/mol. The first-order valence-electron chi connectivity index (χ1n) is 6.78. The predicted octanol–water partition coefficient (Wildman–Crippen LogP) is 3.69. The quantitative estimate of drug-likeness (QED) is 0.408. The molecule has 0 N–H and O–H groups in total. The van der Waals surface area contributed by atoms with Gasteiger partial charge in [-0.3, -0.25) is 10.1 Å². The number of hydrogen-bond donors (Lipinski definition) is 0. The Kier molecular flexibility index (Phi) is 5.89. The van der Waals surface area contributed by atoms with E-state index in [9.17, 15) is 10.1 Å². The summed E-state index contributed by atoms with van der Waals surface area (Å²) in [5.41, 5.74) is -0.107. The number of anilines is 1. The summed E-state index contributed by atoms with van der Waals surface area (Å²) >= 11 is 7.16. The van der Waals surface area contributed by atoms with Crippen molar-refractivity contribution in [3.63, 3.8) is 0 Å². The highest BCUT2D eigenvalue weighted by Crippen LogP contribution is 2.31. The van der Waals surface area contributed by atoms with Crippen molar-refractivity contribution in [2.75, 3.05) is 18.1 Å². The first-order chi connectivity index (χ1) is 11.0. The second-order valence-corrected chi connectivity index (χ2v) is 6.16. The Bertz CT molecular complexity index is 707. The summed E-state index contributed by atoms with van der Waals surface area (Å²) in [5, 5.41) is 11.4. The number of thiazole rings is 1. The van der Waals surface area contributed by atoms with Crippen LogP contribution in [0.4, 0.5) is 11.5 Å². The van der Waals surface area contributed by atoms with Crippen molar-refractivity contribution in [2.45, 2.75) is 13.5 Å². The van der Waals surface area contributed by atoms with E-state index >= 15 is 0 Å². The molecule has 0 unspecified atom stereocenters. The van der Waals surface area contributed by atoms with Crippen LogP contribution in [0.15, 0.2) is 31.1 Å². The molecule has 0 saturated carbocycles. The van der Waals surface area contributed by atoms with Crippen molar-refractivity contribution in [3.8, 4) is 5.75 Å². The molecule has 0 saturated heterocycles. The second kappa shape index (κ2) is 7.89. The zero-order valence-corrected chi connectivity index (χ0v) is 14.0. The molecule has 2 heterocycles. The van der Waals surface area contributed by atoms with Gasteiger partial charge in [-0.25, -0.2) is 9.97 Å². The summed E-state index contributed by atoms with van der Waals surface area (Å²) in [7, 11) is 0. The van der Waals surface area contributed by atoms with E-state index in [1.165, 1.54) is 23.6 Å². The Hall–Kier alpha value is -2.19. The molecule has 0 fully saturated rings. The van der Waals surface area contributed by atoms with Crippen LogP contribution in [0.5, 0.6) is 5.75 Å². The predicted molar refractivity (Wildman–Crippen MR) is 90.4 cm³/mol. The van der Waals surface area contributed by atoms with Gasteiger partial charge in [0, 0.05) is 17.6 Å². The van der Waals surface area contributed by atoms with E-state index in [1.54, 1.807) is 17.2 Å². The Morgan fingerprint density at radius 3 is 2.87 bits per heavy atom. The van der Waals surface area contributed by atoms with Crippen molar-refractivity contribution >= 4 is 34.4 Å². The van der Waals surface area contributed by atoms with Crippen molar-refractivity contribution in [1.29, 1.82) is 0 Å². The van der Waals surface area contributed by atoms with E-state index in [4.69, 9.17) is 16.3 Å². The standard InChI is InChI=1S/C14H15ClN4O3S/c1-3-5-22-10-6-12(19(20)21)13(16-7-10)18(4-2)9-11-8-17-14(15)23-11/h3,6-8H,1,4-5,9H2,2H3. The van der Waals surface area contributed by atoms with E-state index in [0.29, 0.717) is 23.3 Å². The first kappa shape index (κ1) is 17.2. The van der Waals surface area contributed by atoms with Gasteiger partial charge in [0.25, 0.3) is 0 Å². The van der Waals surface area contributed by atoms with Crippen LogP contribution < -0.4 is 9.64 Å². The number of nitro groups is 1. The number of ether oxygens (including phenoxy) is 1. The lowest BCUT2D eigenvalue weighted by molar-refractivity contribution is -0.384. The third-order valence-electron chi connectivity index (χ3n) is 2.94. The van der Waals surface area contributed by atoms with Crippen molar-refractivity contribution in [3.05, 3.63) is 50.6 Å². The smallest absolute Gasteiger partial charge is 0.315 e. The lowest BCUT2D eigenvalue weighted by Crippen LogP contribution is -2.23. The number of hydrogen-bond acceptors (Lipinski definition) is 7. The molecule has 0 aromatic carbocycles. The third-order valence-corrected chi connectivity index (χ3v) is 4.04. The molecule has 2 aromatic rings. The molecule has 0 aliphatic rings. The maximum absolute atomic E-state index is 11.4. The maximum Gasteiger partial charge on any atom is 0.315 e. The molecule has 9 heteroatoms. The number of aromatic nitrogens is 2. The number of rotatable bonds is 8. The van der Waals surface area contributed by atoms with Crippen molar-refractivity contribution in [1.82, 2.24) is 9.97 Å². The molecule has 23 heavy (non-hydrogen) atoms. The summed E-state index contributed by atoms with van der Waals surface area (Å²) in [6, 6.07) is 1.37. The highest BCUT2D eigenvalue weighted by Gasteiger charge is 2.22. The minimum atomic E-state index is -0.467. The summed E-state index contributed by atoms with van der Waals surface area (Å²) < 4.78 is 5.74. The van der Waals surface area contributed by atoms with E-state index < -0.39 is 4.92 Å². The maximum atomic E-state index is 11.4. The molecule has 0 amide bonds. The van der Waals surface area contributed by atoms with Crippen molar-refractivity contribution in [2.24, 2.45) is 0 Å². The fraction of sp³-hybridized carbons (Fsp3) is 0.286. The Labute approximate surface area is 142 Å². The summed E-state index contributed by atoms with van der Waals surface area (Å²) in [4.78, 5) is 21.8. The van der Waals surface area contributed by atoms with Crippen LogP contribution in [-0.4, -0.2) is 28.0 Å². The molecular formula is C14H15ClN4O3S. The van der Waals surface area contributed by atoms with Gasteiger partial charge in [-0.2, -0.15) is 0 Å². The molecule has 0 atom stereocenters. The highest BCUT2D eigenvalue weighted by molar-refractivity contribution is 7.15. The molecule has 0 bridgehead atoms. The largest absolute Gasteiger partial charge is 0.488 e. The normalized spacial score (nSPS) is 10.3. The second-order valence-electron chi connectivity index (χ2n) is 4.46. The van der Waals surface area contributed by atoms with Gasteiger partial charge >= 0.3 is 5.69 Å². The Morgan fingerprint density at radius 2 is 2.30 bits per heavy atom. The summed E-state index contributed by atoms with van der Waals surface area (Å²) in [6.07, 6.45) is 4.68. The van der Waals surface area contributed by atoms with E-state index in [2.05, 4.69) is 16.5 Å². The molecule has 0 radical (unpaired) electrons. The molecule has 0 aliphatic heterocycles. The number of nitrogens with zero attached hydrogens (tertiary/aromatic N) is 4. The lowest BCUT2D eigenvalue weighted by atomic mass is 10.3. The van der Waals surface area contributed by atoms with Crippen LogP contribution in [0.25, 0.3) is 0 Å². The van der Waals surface area contributed by atoms with Gasteiger partial charge in [0.2, 0.25) is 5.82 Å². The van der Waals surface area contributed by atoms with Gasteiger partial charge in [-0.05, 0) is 6.92 Å². The highest BCUT2D eigenvalue weighted by atomic mass is 35.5. The van der Waals surface area contributed by atoms with Gasteiger partial charge in [0.1, 0.15) is 12.4 Å². The van der Waals surface area contributed by atoms with E-state index in [-0.39, 0.29) is 18.1 Å². The first-order valence-corrected chi connectivity index (χ1v) is 7.97. The van der Waals surface area contributed by atoms with Gasteiger partial charge in [-0.15, -0.1) is 11.3 Å². The average Bonchev–Trinajstić information content (AvgIpc) is 2.95. The van der Waals surface area contributed by atoms with Crippen LogP contribution >= 0.6 is 22.9 Å². The number of pyridine rings is 1. The summed E-state index contributed by atoms with van der Waals surface area (Å²) in [6.45, 7) is 6.69. The van der Waals surface area contributed by atoms with Crippen LogP contribution in [0.1, 0.15) is 11.8 Å². The van der Waals surface area contributed by atoms with Crippen molar-refractivity contribution < 1.29 is 9.66 Å². The monoisotopic (exact) mass is 354 g/mol. The SMILES string of the molecule is C=CCOc1cnc(N(CC)Cc2cnc(Cl)s2)c([N+](=O)[O-])c1. The topological polar surface area (TPSA) is 81.4 Å². The van der Waals surface area contributed by atoms with Crippen LogP contribution in [0, 0.1) is 10.1 Å². The van der Waals surface area contributed by atoms with Gasteiger partial charge in [0.15, 0.2) is 4.47 Å². The minimum absolute atomic E-state index is 0.107. The third kappa shape index (κ3) is 4.40. The minimum Gasteiger partial charge on any atom is -0.488 e. The molecule has 0 aliphatic carbocycles. The molecule has 2 rings (SSSR count). The molecule has 2 aromatic heterocycles. The Morgan fingerprint density at radius 1 is 1.52 bits per heavy atom. The van der Waals surface area contributed by atoms with Gasteiger partial charge < -0.3 is 9.64 Å². The lowest BCUT2D eigenvalue weighted by Gasteiger charge is -2.20.